The lowest BCUT2D eigenvalue weighted by atomic mass is 10.1. The van der Waals surface area contributed by atoms with Crippen LogP contribution in [0.1, 0.15) is 25.1 Å². The molecule has 0 spiro atoms. The number of hydrogen-bond donors (Lipinski definition) is 2. The van der Waals surface area contributed by atoms with Crippen LogP contribution in [0.3, 0.4) is 0 Å². The molecule has 82 valence electrons. The van der Waals surface area contributed by atoms with Gasteiger partial charge in [-0.05, 0) is 12.8 Å². The summed E-state index contributed by atoms with van der Waals surface area (Å²) in [5.74, 6) is 0.734. The second-order valence-electron chi connectivity index (χ2n) is 3.62. The first-order valence-corrected chi connectivity index (χ1v) is 5.10. The zero-order chi connectivity index (χ0) is 10.5. The number of nitrogens with zero attached hydrogens (tertiary/aromatic N) is 2. The summed E-state index contributed by atoms with van der Waals surface area (Å²) in [6, 6.07) is 0.214. The summed E-state index contributed by atoms with van der Waals surface area (Å²) in [7, 11) is 0. The lowest BCUT2D eigenvalue weighted by Crippen LogP contribution is -2.32. The molecule has 0 radical (unpaired) electrons. The molecule has 1 aromatic heterocycles. The van der Waals surface area contributed by atoms with Crippen LogP contribution in [-0.2, 0) is 11.3 Å². The van der Waals surface area contributed by atoms with Gasteiger partial charge in [-0.2, -0.15) is 4.98 Å². The minimum absolute atomic E-state index is 0.109. The average Bonchev–Trinajstić information content (AvgIpc) is 2.65. The van der Waals surface area contributed by atoms with Gasteiger partial charge in [0.15, 0.2) is 5.82 Å². The summed E-state index contributed by atoms with van der Waals surface area (Å²) >= 11 is 0. The van der Waals surface area contributed by atoms with Gasteiger partial charge in [-0.1, -0.05) is 5.16 Å². The Labute approximate surface area is 87.4 Å². The molecule has 1 fully saturated rings. The van der Waals surface area contributed by atoms with E-state index in [-0.39, 0.29) is 11.9 Å². The standard InChI is InChI=1S/C9H14N4O2/c14-9-4-7(2-1-3-10-9)11-5-8-12-6-15-13-8/h6-7,11H,1-5H2,(H,10,14). The SMILES string of the molecule is O=C1CC(NCc2ncon2)CCCN1. The molecule has 1 aliphatic heterocycles. The van der Waals surface area contributed by atoms with Gasteiger partial charge < -0.3 is 15.2 Å². The minimum atomic E-state index is 0.109. The fourth-order valence-electron chi connectivity index (χ4n) is 1.65. The van der Waals surface area contributed by atoms with E-state index < -0.39 is 0 Å². The van der Waals surface area contributed by atoms with Crippen molar-refractivity contribution in [3.63, 3.8) is 0 Å². The minimum Gasteiger partial charge on any atom is -0.356 e. The zero-order valence-electron chi connectivity index (χ0n) is 8.40. The largest absolute Gasteiger partial charge is 0.356 e. The van der Waals surface area contributed by atoms with Gasteiger partial charge in [0, 0.05) is 19.0 Å². The number of hydrogen-bond acceptors (Lipinski definition) is 5. The van der Waals surface area contributed by atoms with Crippen LogP contribution >= 0.6 is 0 Å². The van der Waals surface area contributed by atoms with Crippen LogP contribution in [0.25, 0.3) is 0 Å². The van der Waals surface area contributed by atoms with E-state index in [2.05, 4.69) is 25.3 Å². The molecule has 0 aliphatic carbocycles. The molecule has 6 nitrogen and oxygen atoms in total. The van der Waals surface area contributed by atoms with Crippen molar-refractivity contribution in [1.29, 1.82) is 0 Å². The molecule has 2 rings (SSSR count). The Hall–Kier alpha value is -1.43. The van der Waals surface area contributed by atoms with Gasteiger partial charge in [-0.3, -0.25) is 4.79 Å². The molecule has 1 aromatic rings. The van der Waals surface area contributed by atoms with Crippen molar-refractivity contribution in [1.82, 2.24) is 20.8 Å². The highest BCUT2D eigenvalue weighted by Gasteiger charge is 2.16. The van der Waals surface area contributed by atoms with E-state index in [0.29, 0.717) is 18.8 Å². The van der Waals surface area contributed by atoms with Crippen LogP contribution in [0.2, 0.25) is 0 Å². The number of nitrogens with one attached hydrogen (secondary N) is 2. The second kappa shape index (κ2) is 4.88. The van der Waals surface area contributed by atoms with Crippen molar-refractivity contribution in [3.05, 3.63) is 12.2 Å². The number of carbonyl (C=O) groups excluding carboxylic acids is 1. The molecule has 2 N–H and O–H groups in total. The third kappa shape index (κ3) is 3.02. The molecule has 0 bridgehead atoms. The van der Waals surface area contributed by atoms with E-state index in [0.717, 1.165) is 19.4 Å². The van der Waals surface area contributed by atoms with Crippen molar-refractivity contribution in [3.8, 4) is 0 Å². The molecule has 6 heteroatoms. The van der Waals surface area contributed by atoms with E-state index >= 15 is 0 Å². The number of aromatic nitrogens is 2. The molecule has 1 atom stereocenters. The van der Waals surface area contributed by atoms with Crippen molar-refractivity contribution in [2.75, 3.05) is 6.54 Å². The van der Waals surface area contributed by atoms with E-state index in [1.54, 1.807) is 0 Å². The Morgan fingerprint density at radius 3 is 3.40 bits per heavy atom. The monoisotopic (exact) mass is 210 g/mol. The van der Waals surface area contributed by atoms with Gasteiger partial charge >= 0.3 is 0 Å². The summed E-state index contributed by atoms with van der Waals surface area (Å²) in [6.07, 6.45) is 3.83. The van der Waals surface area contributed by atoms with Crippen LogP contribution in [0.5, 0.6) is 0 Å². The molecule has 1 amide bonds. The van der Waals surface area contributed by atoms with E-state index in [4.69, 9.17) is 0 Å². The van der Waals surface area contributed by atoms with Gasteiger partial charge in [0.1, 0.15) is 0 Å². The van der Waals surface area contributed by atoms with E-state index in [9.17, 15) is 4.79 Å². The summed E-state index contributed by atoms with van der Waals surface area (Å²) in [6.45, 7) is 1.33. The summed E-state index contributed by atoms with van der Waals surface area (Å²) in [5, 5.41) is 9.78. The average molecular weight is 210 g/mol. The van der Waals surface area contributed by atoms with Crippen LogP contribution < -0.4 is 10.6 Å². The number of rotatable bonds is 3. The first-order valence-electron chi connectivity index (χ1n) is 5.10. The topological polar surface area (TPSA) is 80.1 Å². The zero-order valence-corrected chi connectivity index (χ0v) is 8.40. The Kier molecular flexibility index (Phi) is 3.29. The molecular formula is C9H14N4O2. The maximum Gasteiger partial charge on any atom is 0.221 e. The molecule has 1 saturated heterocycles. The van der Waals surface area contributed by atoms with Crippen LogP contribution in [-0.4, -0.2) is 28.6 Å². The Morgan fingerprint density at radius 2 is 2.60 bits per heavy atom. The van der Waals surface area contributed by atoms with Gasteiger partial charge in [0.05, 0.1) is 6.54 Å². The quantitative estimate of drug-likeness (QED) is 0.724. The lowest BCUT2D eigenvalue weighted by molar-refractivity contribution is -0.121. The highest BCUT2D eigenvalue weighted by atomic mass is 16.5. The van der Waals surface area contributed by atoms with Crippen LogP contribution in [0.4, 0.5) is 0 Å². The van der Waals surface area contributed by atoms with Crippen molar-refractivity contribution in [2.45, 2.75) is 31.8 Å². The number of carbonyl (C=O) groups is 1. The summed E-state index contributed by atoms with van der Waals surface area (Å²) < 4.78 is 4.62. The third-order valence-corrected chi connectivity index (χ3v) is 2.44. The van der Waals surface area contributed by atoms with E-state index in [1.807, 2.05) is 0 Å². The van der Waals surface area contributed by atoms with Crippen LogP contribution in [0, 0.1) is 0 Å². The molecule has 0 saturated carbocycles. The predicted octanol–water partition coefficient (Wildman–Crippen LogP) is -0.172. The Morgan fingerprint density at radius 1 is 1.67 bits per heavy atom. The van der Waals surface area contributed by atoms with Gasteiger partial charge in [-0.25, -0.2) is 0 Å². The normalized spacial score (nSPS) is 22.1. The second-order valence-corrected chi connectivity index (χ2v) is 3.62. The van der Waals surface area contributed by atoms with E-state index in [1.165, 1.54) is 6.39 Å². The predicted molar refractivity (Wildman–Crippen MR) is 51.8 cm³/mol. The van der Waals surface area contributed by atoms with Crippen molar-refractivity contribution >= 4 is 5.91 Å². The molecule has 1 unspecified atom stereocenters. The molecular weight excluding hydrogens is 196 g/mol. The Bertz CT molecular complexity index is 312. The summed E-state index contributed by atoms with van der Waals surface area (Å²) in [5.41, 5.74) is 0. The van der Waals surface area contributed by atoms with Gasteiger partial charge in [0.25, 0.3) is 0 Å². The maximum absolute atomic E-state index is 11.3. The third-order valence-electron chi connectivity index (χ3n) is 2.44. The highest BCUT2D eigenvalue weighted by Crippen LogP contribution is 2.06. The lowest BCUT2D eigenvalue weighted by Gasteiger charge is -2.12. The fraction of sp³-hybridized carbons (Fsp3) is 0.667. The highest BCUT2D eigenvalue weighted by molar-refractivity contribution is 5.76. The number of amides is 1. The maximum atomic E-state index is 11.3. The summed E-state index contributed by atoms with van der Waals surface area (Å²) in [4.78, 5) is 15.2. The Balaban J connectivity index is 1.80. The fourth-order valence-corrected chi connectivity index (χ4v) is 1.65. The first kappa shape index (κ1) is 10.1. The molecule has 2 heterocycles. The van der Waals surface area contributed by atoms with Gasteiger partial charge in [0.2, 0.25) is 12.3 Å². The first-order chi connectivity index (χ1) is 7.34. The van der Waals surface area contributed by atoms with Crippen LogP contribution in [0.15, 0.2) is 10.9 Å². The van der Waals surface area contributed by atoms with Crippen molar-refractivity contribution in [2.24, 2.45) is 0 Å². The smallest absolute Gasteiger partial charge is 0.221 e. The van der Waals surface area contributed by atoms with Crippen molar-refractivity contribution < 1.29 is 9.32 Å². The molecule has 1 aliphatic rings. The molecule has 0 aromatic carbocycles. The van der Waals surface area contributed by atoms with Gasteiger partial charge in [-0.15, -0.1) is 0 Å². The molecule has 15 heavy (non-hydrogen) atoms.